The van der Waals surface area contributed by atoms with Crippen molar-refractivity contribution in [2.24, 2.45) is 10.1 Å². The van der Waals surface area contributed by atoms with Crippen molar-refractivity contribution in [1.29, 1.82) is 0 Å². The molecule has 11 heavy (non-hydrogen) atoms. The van der Waals surface area contributed by atoms with Crippen LogP contribution in [0.25, 0.3) is 0 Å². The highest BCUT2D eigenvalue weighted by molar-refractivity contribution is 5.88. The predicted octanol–water partition coefficient (Wildman–Crippen LogP) is 1.38. The lowest BCUT2D eigenvalue weighted by Gasteiger charge is -2.19. The van der Waals surface area contributed by atoms with Crippen molar-refractivity contribution in [2.75, 3.05) is 0 Å². The Kier molecular flexibility index (Phi) is 1.31. The van der Waals surface area contributed by atoms with Crippen molar-refractivity contribution in [1.82, 2.24) is 5.01 Å². The molecule has 0 aromatic rings. The van der Waals surface area contributed by atoms with E-state index in [4.69, 9.17) is 0 Å². The smallest absolute Gasteiger partial charge is 0.0923 e. The summed E-state index contributed by atoms with van der Waals surface area (Å²) in [6, 6.07) is 0.388. The number of allylic oxidation sites excluding steroid dienone is 1. The van der Waals surface area contributed by atoms with Crippen molar-refractivity contribution in [3.8, 4) is 0 Å². The lowest BCUT2D eigenvalue weighted by atomic mass is 10.2. The fourth-order valence-electron chi connectivity index (χ4n) is 1.38. The van der Waals surface area contributed by atoms with E-state index in [2.05, 4.69) is 17.0 Å². The molecule has 1 atom stereocenters. The fraction of sp³-hybridized carbons (Fsp3) is 0.500. The number of nitrogens with zero attached hydrogens (tertiary/aromatic N) is 3. The van der Waals surface area contributed by atoms with E-state index in [-0.39, 0.29) is 0 Å². The van der Waals surface area contributed by atoms with E-state index < -0.39 is 0 Å². The minimum atomic E-state index is 0.388. The van der Waals surface area contributed by atoms with Crippen LogP contribution in [0.2, 0.25) is 0 Å². The summed E-state index contributed by atoms with van der Waals surface area (Å²) in [6.07, 6.45) is 4.98. The molecule has 58 valence electrons. The van der Waals surface area contributed by atoms with E-state index >= 15 is 0 Å². The highest BCUT2D eigenvalue weighted by Gasteiger charge is 2.23. The number of hydrogen-bond donors (Lipinski definition) is 0. The molecule has 0 N–H and O–H groups in total. The van der Waals surface area contributed by atoms with E-state index in [9.17, 15) is 0 Å². The Morgan fingerprint density at radius 3 is 3.18 bits per heavy atom. The summed E-state index contributed by atoms with van der Waals surface area (Å²) in [6.45, 7) is 4.03. The van der Waals surface area contributed by atoms with E-state index in [1.165, 1.54) is 5.71 Å². The van der Waals surface area contributed by atoms with Gasteiger partial charge >= 0.3 is 0 Å². The zero-order valence-electron chi connectivity index (χ0n) is 6.78. The second-order valence-electron chi connectivity index (χ2n) is 3.04. The van der Waals surface area contributed by atoms with Crippen LogP contribution >= 0.6 is 0 Å². The van der Waals surface area contributed by atoms with Crippen molar-refractivity contribution in [3.05, 3.63) is 11.9 Å². The molecule has 2 heterocycles. The molecule has 0 saturated carbocycles. The first-order chi connectivity index (χ1) is 5.25. The molecule has 0 spiro atoms. The number of fused-ring (bicyclic) bond motifs is 1. The summed E-state index contributed by atoms with van der Waals surface area (Å²) >= 11 is 0. The number of hydrazone groups is 1. The van der Waals surface area contributed by atoms with Gasteiger partial charge in [0.05, 0.1) is 11.7 Å². The molecule has 0 radical (unpaired) electrons. The first-order valence-corrected chi connectivity index (χ1v) is 3.81. The maximum Gasteiger partial charge on any atom is 0.0923 e. The van der Waals surface area contributed by atoms with Gasteiger partial charge in [0.2, 0.25) is 0 Å². The van der Waals surface area contributed by atoms with Crippen LogP contribution < -0.4 is 0 Å². The van der Waals surface area contributed by atoms with Crippen LogP contribution in [0.1, 0.15) is 20.3 Å². The van der Waals surface area contributed by atoms with Crippen LogP contribution in [0.4, 0.5) is 0 Å². The van der Waals surface area contributed by atoms with Crippen LogP contribution in [0, 0.1) is 0 Å². The van der Waals surface area contributed by atoms with Crippen LogP contribution in [0.15, 0.2) is 22.0 Å². The van der Waals surface area contributed by atoms with Gasteiger partial charge in [-0.3, -0.25) is 10.0 Å². The molecule has 3 nitrogen and oxygen atoms in total. The summed E-state index contributed by atoms with van der Waals surface area (Å²) in [5, 5.41) is 6.33. The zero-order valence-corrected chi connectivity index (χ0v) is 6.78. The van der Waals surface area contributed by atoms with Crippen LogP contribution in [-0.2, 0) is 0 Å². The first-order valence-electron chi connectivity index (χ1n) is 3.81. The maximum atomic E-state index is 4.34. The van der Waals surface area contributed by atoms with E-state index in [0.717, 1.165) is 12.1 Å². The van der Waals surface area contributed by atoms with Gasteiger partial charge in [-0.2, -0.15) is 5.10 Å². The van der Waals surface area contributed by atoms with Gasteiger partial charge in [0.15, 0.2) is 0 Å². The normalized spacial score (nSPS) is 28.2. The van der Waals surface area contributed by atoms with Gasteiger partial charge in [-0.05, 0) is 13.8 Å². The zero-order chi connectivity index (χ0) is 7.84. The van der Waals surface area contributed by atoms with Gasteiger partial charge in [0, 0.05) is 24.5 Å². The average Bonchev–Trinajstić information content (AvgIpc) is 2.27. The van der Waals surface area contributed by atoms with E-state index in [1.54, 1.807) is 0 Å². The minimum Gasteiger partial charge on any atom is -0.262 e. The molecule has 2 aliphatic rings. The Balaban J connectivity index is 2.26. The minimum absolute atomic E-state index is 0.388. The van der Waals surface area contributed by atoms with Crippen molar-refractivity contribution >= 4 is 11.9 Å². The number of rotatable bonds is 0. The van der Waals surface area contributed by atoms with Crippen LogP contribution in [0.5, 0.6) is 0 Å². The molecule has 2 rings (SSSR count). The molecule has 0 amide bonds. The lowest BCUT2D eigenvalue weighted by Crippen LogP contribution is -2.25. The molecule has 0 aliphatic carbocycles. The molecule has 0 bridgehead atoms. The first kappa shape index (κ1) is 6.58. The number of hydrogen-bond acceptors (Lipinski definition) is 3. The van der Waals surface area contributed by atoms with Gasteiger partial charge in [-0.1, -0.05) is 0 Å². The largest absolute Gasteiger partial charge is 0.262 e. The third-order valence-corrected chi connectivity index (χ3v) is 1.90. The van der Waals surface area contributed by atoms with E-state index in [1.807, 2.05) is 24.3 Å². The average molecular weight is 149 g/mol. The van der Waals surface area contributed by atoms with Crippen molar-refractivity contribution < 1.29 is 0 Å². The molecule has 0 aromatic heterocycles. The molecular weight excluding hydrogens is 138 g/mol. The second-order valence-corrected chi connectivity index (χ2v) is 3.04. The van der Waals surface area contributed by atoms with Gasteiger partial charge in [0.1, 0.15) is 0 Å². The SMILES string of the molecule is CC1=CN2N=C(C)C[C@H]2C=N1. The highest BCUT2D eigenvalue weighted by atomic mass is 15.5. The standard InChI is InChI=1S/C8H11N3/c1-6-3-8-4-9-7(2)5-11(8)10-6/h4-5,8H,3H2,1-2H3/t8-/m0/s1. The lowest BCUT2D eigenvalue weighted by molar-refractivity contribution is 0.385. The Morgan fingerprint density at radius 1 is 1.55 bits per heavy atom. The summed E-state index contributed by atoms with van der Waals surface area (Å²) in [4.78, 5) is 4.23. The Hall–Kier alpha value is -1.12. The van der Waals surface area contributed by atoms with Gasteiger partial charge in [-0.15, -0.1) is 0 Å². The summed E-state index contributed by atoms with van der Waals surface area (Å²) in [5.74, 6) is 0. The van der Waals surface area contributed by atoms with Gasteiger partial charge in [-0.25, -0.2) is 0 Å². The third kappa shape index (κ3) is 1.06. The fourth-order valence-corrected chi connectivity index (χ4v) is 1.38. The van der Waals surface area contributed by atoms with Crippen LogP contribution in [0.3, 0.4) is 0 Å². The second kappa shape index (κ2) is 2.19. The number of aliphatic imine (C=N–C) groups is 1. The third-order valence-electron chi connectivity index (χ3n) is 1.90. The summed E-state index contributed by atoms with van der Waals surface area (Å²) < 4.78 is 0. The summed E-state index contributed by atoms with van der Waals surface area (Å²) in [7, 11) is 0. The van der Waals surface area contributed by atoms with Crippen molar-refractivity contribution in [3.63, 3.8) is 0 Å². The van der Waals surface area contributed by atoms with Gasteiger partial charge in [0.25, 0.3) is 0 Å². The molecule has 0 aromatic carbocycles. The Bertz CT molecular complexity index is 263. The van der Waals surface area contributed by atoms with E-state index in [0.29, 0.717) is 6.04 Å². The molecule has 2 aliphatic heterocycles. The molecule has 0 unspecified atom stereocenters. The summed E-state index contributed by atoms with van der Waals surface area (Å²) in [5.41, 5.74) is 2.21. The Morgan fingerprint density at radius 2 is 2.36 bits per heavy atom. The quantitative estimate of drug-likeness (QED) is 0.511. The molecule has 0 fully saturated rings. The van der Waals surface area contributed by atoms with Crippen LogP contribution in [-0.4, -0.2) is 23.0 Å². The predicted molar refractivity (Wildman–Crippen MR) is 45.6 cm³/mol. The monoisotopic (exact) mass is 149 g/mol. The highest BCUT2D eigenvalue weighted by Crippen LogP contribution is 2.19. The Labute approximate surface area is 66.1 Å². The molecule has 0 saturated heterocycles. The maximum absolute atomic E-state index is 4.34. The molecular formula is C8H11N3. The topological polar surface area (TPSA) is 28.0 Å². The molecule has 3 heteroatoms. The van der Waals surface area contributed by atoms with Crippen molar-refractivity contribution in [2.45, 2.75) is 26.3 Å². The van der Waals surface area contributed by atoms with Gasteiger partial charge < -0.3 is 0 Å².